The van der Waals surface area contributed by atoms with Crippen molar-refractivity contribution in [1.82, 2.24) is 9.97 Å². The maximum Gasteiger partial charge on any atom is 0.261 e. The number of hydrogen-bond donors (Lipinski definition) is 2. The predicted molar refractivity (Wildman–Crippen MR) is 107 cm³/mol. The van der Waals surface area contributed by atoms with Gasteiger partial charge in [-0.25, -0.2) is 13.8 Å². The zero-order valence-corrected chi connectivity index (χ0v) is 16.2. The topological polar surface area (TPSA) is 76.1 Å². The number of nitrogens with zero attached hydrogens (tertiary/aromatic N) is 2. The molecule has 0 radical (unpaired) electrons. The van der Waals surface area contributed by atoms with Gasteiger partial charge in [0, 0.05) is 17.4 Å². The molecule has 29 heavy (non-hydrogen) atoms. The van der Waals surface area contributed by atoms with Gasteiger partial charge in [0.25, 0.3) is 5.91 Å². The predicted octanol–water partition coefficient (Wildman–Crippen LogP) is 4.85. The Morgan fingerprint density at radius 3 is 2.24 bits per heavy atom. The van der Waals surface area contributed by atoms with Gasteiger partial charge >= 0.3 is 0 Å². The van der Waals surface area contributed by atoms with Crippen molar-refractivity contribution in [2.45, 2.75) is 26.9 Å². The van der Waals surface area contributed by atoms with Crippen LogP contribution in [0, 0.1) is 18.6 Å². The highest BCUT2D eigenvalue weighted by molar-refractivity contribution is 6.04. The Bertz CT molecular complexity index is 1000. The first-order valence-corrected chi connectivity index (χ1v) is 8.96. The summed E-state index contributed by atoms with van der Waals surface area (Å²) >= 11 is 0. The first-order valence-electron chi connectivity index (χ1n) is 8.96. The van der Waals surface area contributed by atoms with Crippen LogP contribution in [0.5, 0.6) is 5.88 Å². The fourth-order valence-electron chi connectivity index (χ4n) is 2.60. The van der Waals surface area contributed by atoms with Crippen molar-refractivity contribution in [3.8, 4) is 5.88 Å². The number of rotatable bonds is 6. The van der Waals surface area contributed by atoms with Crippen LogP contribution in [0.2, 0.25) is 0 Å². The molecule has 0 bridgehead atoms. The molecule has 1 heterocycles. The fourth-order valence-corrected chi connectivity index (χ4v) is 2.60. The van der Waals surface area contributed by atoms with E-state index in [4.69, 9.17) is 4.74 Å². The number of carbonyl (C=O) groups excluding carboxylic acids is 1. The molecule has 3 rings (SSSR count). The van der Waals surface area contributed by atoms with Gasteiger partial charge in [-0.3, -0.25) is 4.79 Å². The van der Waals surface area contributed by atoms with Crippen molar-refractivity contribution in [1.29, 1.82) is 0 Å². The van der Waals surface area contributed by atoms with Gasteiger partial charge in [-0.05, 0) is 57.2 Å². The van der Waals surface area contributed by atoms with Crippen LogP contribution < -0.4 is 15.4 Å². The van der Waals surface area contributed by atoms with E-state index in [9.17, 15) is 13.6 Å². The molecular formula is C21H20F2N4O2. The minimum absolute atomic E-state index is 0.0145. The molecule has 3 aromatic rings. The SMILES string of the molecule is Cc1nc(Nc2ccc(NC(=O)c3c(F)cccc3F)cc2)cc(OC(C)C)n1. The van der Waals surface area contributed by atoms with Crippen LogP contribution in [0.3, 0.4) is 0 Å². The number of halogens is 2. The Kier molecular flexibility index (Phi) is 6.01. The van der Waals surface area contributed by atoms with Crippen molar-refractivity contribution in [2.75, 3.05) is 10.6 Å². The fraction of sp³-hybridized carbons (Fsp3) is 0.190. The van der Waals surface area contributed by atoms with E-state index in [0.717, 1.165) is 12.1 Å². The molecular weight excluding hydrogens is 378 g/mol. The van der Waals surface area contributed by atoms with Crippen molar-refractivity contribution < 1.29 is 18.3 Å². The maximum absolute atomic E-state index is 13.7. The van der Waals surface area contributed by atoms with E-state index in [1.165, 1.54) is 6.07 Å². The lowest BCUT2D eigenvalue weighted by molar-refractivity contribution is 0.101. The molecule has 1 amide bonds. The van der Waals surface area contributed by atoms with Crippen LogP contribution in [0.25, 0.3) is 0 Å². The second-order valence-corrected chi connectivity index (χ2v) is 6.56. The van der Waals surface area contributed by atoms with Crippen LogP contribution in [0.1, 0.15) is 30.0 Å². The number of aromatic nitrogens is 2. The van der Waals surface area contributed by atoms with E-state index < -0.39 is 23.1 Å². The minimum atomic E-state index is -0.917. The molecule has 150 valence electrons. The van der Waals surface area contributed by atoms with E-state index in [2.05, 4.69) is 20.6 Å². The number of nitrogens with one attached hydrogen (secondary N) is 2. The maximum atomic E-state index is 13.7. The molecule has 2 aromatic carbocycles. The van der Waals surface area contributed by atoms with Crippen molar-refractivity contribution in [3.05, 3.63) is 71.6 Å². The zero-order chi connectivity index (χ0) is 21.0. The minimum Gasteiger partial charge on any atom is -0.475 e. The summed E-state index contributed by atoms with van der Waals surface area (Å²) in [6.07, 6.45) is -0.0145. The van der Waals surface area contributed by atoms with Gasteiger partial charge in [-0.15, -0.1) is 0 Å². The normalized spacial score (nSPS) is 10.7. The molecule has 0 aliphatic rings. The number of aryl methyl sites for hydroxylation is 1. The average molecular weight is 398 g/mol. The summed E-state index contributed by atoms with van der Waals surface area (Å²) in [6, 6.07) is 11.6. The lowest BCUT2D eigenvalue weighted by Gasteiger charge is -2.12. The molecule has 0 unspecified atom stereocenters. The van der Waals surface area contributed by atoms with Gasteiger partial charge in [0.2, 0.25) is 5.88 Å². The summed E-state index contributed by atoms with van der Waals surface area (Å²) in [6.45, 7) is 5.58. The summed E-state index contributed by atoms with van der Waals surface area (Å²) in [4.78, 5) is 20.7. The van der Waals surface area contributed by atoms with Crippen LogP contribution in [-0.4, -0.2) is 22.0 Å². The number of benzene rings is 2. The van der Waals surface area contributed by atoms with Gasteiger partial charge in [-0.1, -0.05) is 6.07 Å². The van der Waals surface area contributed by atoms with E-state index in [1.54, 1.807) is 37.3 Å². The number of carbonyl (C=O) groups is 1. The largest absolute Gasteiger partial charge is 0.475 e. The molecule has 0 atom stereocenters. The second kappa shape index (κ2) is 8.64. The van der Waals surface area contributed by atoms with Gasteiger partial charge in [-0.2, -0.15) is 4.98 Å². The van der Waals surface area contributed by atoms with E-state index in [1.807, 2.05) is 13.8 Å². The molecule has 0 saturated carbocycles. The first kappa shape index (κ1) is 20.2. The molecule has 2 N–H and O–H groups in total. The number of anilines is 3. The highest BCUT2D eigenvalue weighted by Crippen LogP contribution is 2.22. The standard InChI is InChI=1S/C21H20F2N4O2/c1-12(2)29-19-11-18(24-13(3)25-19)26-14-7-9-15(10-8-14)27-21(28)20-16(22)5-4-6-17(20)23/h4-12H,1-3H3,(H,27,28)(H,24,25,26). The molecule has 0 fully saturated rings. The number of hydrogen-bond acceptors (Lipinski definition) is 5. The van der Waals surface area contributed by atoms with Crippen LogP contribution in [-0.2, 0) is 0 Å². The molecule has 0 aliphatic heterocycles. The van der Waals surface area contributed by atoms with Gasteiger partial charge in [0.1, 0.15) is 28.8 Å². The molecule has 0 aliphatic carbocycles. The second-order valence-electron chi connectivity index (χ2n) is 6.56. The Morgan fingerprint density at radius 1 is 1.00 bits per heavy atom. The molecule has 0 saturated heterocycles. The quantitative estimate of drug-likeness (QED) is 0.621. The highest BCUT2D eigenvalue weighted by Gasteiger charge is 2.17. The number of ether oxygens (including phenoxy) is 1. The van der Waals surface area contributed by atoms with Crippen molar-refractivity contribution >= 4 is 23.1 Å². The summed E-state index contributed by atoms with van der Waals surface area (Å²) in [5.74, 6) is -1.12. The number of amides is 1. The summed E-state index contributed by atoms with van der Waals surface area (Å²) < 4.78 is 33.0. The third kappa shape index (κ3) is 5.25. The van der Waals surface area contributed by atoms with Crippen molar-refractivity contribution in [2.24, 2.45) is 0 Å². The Labute approximate surface area is 167 Å². The van der Waals surface area contributed by atoms with E-state index in [-0.39, 0.29) is 6.10 Å². The summed E-state index contributed by atoms with van der Waals surface area (Å²) in [7, 11) is 0. The lowest BCUT2D eigenvalue weighted by Crippen LogP contribution is -2.15. The monoisotopic (exact) mass is 398 g/mol. The molecule has 1 aromatic heterocycles. The molecule has 6 nitrogen and oxygen atoms in total. The van der Waals surface area contributed by atoms with Gasteiger partial charge in [0.15, 0.2) is 0 Å². The summed E-state index contributed by atoms with van der Waals surface area (Å²) in [5.41, 5.74) is 0.475. The van der Waals surface area contributed by atoms with E-state index >= 15 is 0 Å². The Balaban J connectivity index is 1.71. The average Bonchev–Trinajstić information content (AvgIpc) is 2.62. The van der Waals surface area contributed by atoms with Crippen molar-refractivity contribution in [3.63, 3.8) is 0 Å². The lowest BCUT2D eigenvalue weighted by atomic mass is 10.1. The Morgan fingerprint density at radius 2 is 1.62 bits per heavy atom. The van der Waals surface area contributed by atoms with Crippen LogP contribution in [0.15, 0.2) is 48.5 Å². The van der Waals surface area contributed by atoms with Gasteiger partial charge in [0.05, 0.1) is 6.10 Å². The Hall–Kier alpha value is -3.55. The smallest absolute Gasteiger partial charge is 0.261 e. The first-order chi connectivity index (χ1) is 13.8. The summed E-state index contributed by atoms with van der Waals surface area (Å²) in [5, 5.41) is 5.60. The highest BCUT2D eigenvalue weighted by atomic mass is 19.1. The van der Waals surface area contributed by atoms with Gasteiger partial charge < -0.3 is 15.4 Å². The van der Waals surface area contributed by atoms with E-state index in [0.29, 0.717) is 28.9 Å². The third-order valence-electron chi connectivity index (χ3n) is 3.78. The molecule has 8 heteroatoms. The molecule has 0 spiro atoms. The third-order valence-corrected chi connectivity index (χ3v) is 3.78. The zero-order valence-electron chi connectivity index (χ0n) is 16.2. The van der Waals surface area contributed by atoms with Crippen LogP contribution >= 0.6 is 0 Å². The van der Waals surface area contributed by atoms with Crippen LogP contribution in [0.4, 0.5) is 26.0 Å².